The number of H-pyrrole nitrogens is 1. The van der Waals surface area contributed by atoms with E-state index in [4.69, 9.17) is 5.73 Å². The van der Waals surface area contributed by atoms with E-state index < -0.39 is 0 Å². The van der Waals surface area contributed by atoms with Gasteiger partial charge in [-0.1, -0.05) is 48.5 Å². The Hall–Kier alpha value is -3.18. The van der Waals surface area contributed by atoms with Crippen molar-refractivity contribution in [3.05, 3.63) is 76.9 Å². The molecule has 1 aromatic heterocycles. The molecule has 0 bridgehead atoms. The summed E-state index contributed by atoms with van der Waals surface area (Å²) >= 11 is 0. The molecule has 3 aromatic rings. The number of benzene rings is 2. The van der Waals surface area contributed by atoms with Crippen molar-refractivity contribution in [2.75, 3.05) is 0 Å². The van der Waals surface area contributed by atoms with E-state index >= 15 is 0 Å². The molecule has 4 rings (SSSR count). The first kappa shape index (κ1) is 14.4. The van der Waals surface area contributed by atoms with Crippen LogP contribution in [0.1, 0.15) is 27.0 Å². The van der Waals surface area contributed by atoms with Crippen LogP contribution < -0.4 is 5.73 Å². The quantitative estimate of drug-likeness (QED) is 0.693. The number of aromatic hydroxyl groups is 1. The highest BCUT2D eigenvalue weighted by Crippen LogP contribution is 2.38. The van der Waals surface area contributed by atoms with E-state index in [1.165, 1.54) is 0 Å². The minimum absolute atomic E-state index is 0.0494. The number of aromatic amines is 1. The lowest BCUT2D eigenvalue weighted by molar-refractivity contribution is 0.101. The van der Waals surface area contributed by atoms with Gasteiger partial charge in [-0.25, -0.2) is 4.99 Å². The van der Waals surface area contributed by atoms with Gasteiger partial charge >= 0.3 is 0 Å². The Morgan fingerprint density at radius 2 is 1.75 bits per heavy atom. The van der Waals surface area contributed by atoms with E-state index in [2.05, 4.69) is 9.98 Å². The average Bonchev–Trinajstić information content (AvgIpc) is 3.15. The van der Waals surface area contributed by atoms with Crippen molar-refractivity contribution in [1.82, 2.24) is 4.98 Å². The number of nitrogens with two attached hydrogens (primary N) is 1. The molecular formula is C19H15N3O2. The molecule has 5 nitrogen and oxygen atoms in total. The molecule has 5 heteroatoms. The van der Waals surface area contributed by atoms with E-state index in [1.807, 2.05) is 54.6 Å². The molecule has 0 radical (unpaired) electrons. The Balaban J connectivity index is 1.89. The number of hydrogen-bond donors (Lipinski definition) is 3. The summed E-state index contributed by atoms with van der Waals surface area (Å²) in [5.74, 6) is -0.403. The second kappa shape index (κ2) is 5.47. The smallest absolute Gasteiger partial charge is 0.280 e. The fourth-order valence-corrected chi connectivity index (χ4v) is 3.02. The average molecular weight is 317 g/mol. The highest BCUT2D eigenvalue weighted by Gasteiger charge is 2.33. The lowest BCUT2D eigenvalue weighted by Crippen LogP contribution is -1.99. The predicted molar refractivity (Wildman–Crippen MR) is 92.2 cm³/mol. The molecular weight excluding hydrogens is 302 g/mol. The van der Waals surface area contributed by atoms with E-state index in [9.17, 15) is 9.90 Å². The molecule has 0 spiro atoms. The summed E-state index contributed by atoms with van der Waals surface area (Å²) in [4.78, 5) is 19.5. The molecule has 0 saturated carbocycles. The van der Waals surface area contributed by atoms with Crippen molar-refractivity contribution in [3.63, 3.8) is 0 Å². The molecule has 0 saturated heterocycles. The summed E-state index contributed by atoms with van der Waals surface area (Å²) in [5, 5.41) is 10.4. The van der Waals surface area contributed by atoms with Gasteiger partial charge in [0.25, 0.3) is 5.91 Å². The number of nitrogens with one attached hydrogen (secondary N) is 1. The van der Waals surface area contributed by atoms with Crippen LogP contribution in [0.2, 0.25) is 0 Å². The Labute approximate surface area is 138 Å². The van der Waals surface area contributed by atoms with Gasteiger partial charge in [0.2, 0.25) is 0 Å². The first-order valence-electron chi connectivity index (χ1n) is 7.62. The largest absolute Gasteiger partial charge is 0.494 e. The van der Waals surface area contributed by atoms with Crippen LogP contribution in [0.4, 0.5) is 0 Å². The van der Waals surface area contributed by atoms with Crippen molar-refractivity contribution in [2.24, 2.45) is 10.7 Å². The monoisotopic (exact) mass is 317 g/mol. The first-order chi connectivity index (χ1) is 11.7. The first-order valence-corrected chi connectivity index (χ1v) is 7.62. The number of fused-ring (bicyclic) bond motifs is 1. The molecule has 0 aliphatic carbocycles. The maximum atomic E-state index is 12.5. The van der Waals surface area contributed by atoms with Gasteiger partial charge in [-0.3, -0.25) is 4.79 Å². The zero-order chi connectivity index (χ0) is 16.7. The van der Waals surface area contributed by atoms with Crippen molar-refractivity contribution in [1.29, 1.82) is 0 Å². The van der Waals surface area contributed by atoms with E-state index in [1.54, 1.807) is 0 Å². The van der Waals surface area contributed by atoms with Gasteiger partial charge in [-0.15, -0.1) is 0 Å². The number of carbonyl (C=O) groups is 1. The summed E-state index contributed by atoms with van der Waals surface area (Å²) in [5.41, 5.74) is 10.2. The minimum atomic E-state index is -0.353. The number of amides is 1. The Bertz CT molecular complexity index is 972. The Morgan fingerprint density at radius 1 is 1.00 bits per heavy atom. The molecule has 0 fully saturated rings. The molecule has 1 aliphatic heterocycles. The van der Waals surface area contributed by atoms with Gasteiger partial charge in [-0.05, 0) is 17.2 Å². The van der Waals surface area contributed by atoms with Crippen molar-refractivity contribution >= 4 is 11.6 Å². The van der Waals surface area contributed by atoms with Gasteiger partial charge in [0.1, 0.15) is 0 Å². The van der Waals surface area contributed by atoms with Gasteiger partial charge in [0.15, 0.2) is 5.88 Å². The Morgan fingerprint density at radius 3 is 2.50 bits per heavy atom. The van der Waals surface area contributed by atoms with Crippen molar-refractivity contribution < 1.29 is 9.90 Å². The Kier molecular flexibility index (Phi) is 3.29. The lowest BCUT2D eigenvalue weighted by Gasteiger charge is -2.03. The third-order valence-corrected chi connectivity index (χ3v) is 4.14. The van der Waals surface area contributed by atoms with Crippen LogP contribution in [0.25, 0.3) is 11.3 Å². The number of hydrogen-bond acceptors (Lipinski definition) is 3. The fraction of sp³-hybridized carbons (Fsp3) is 0.0526. The number of carbonyl (C=O) groups excluding carboxylic acids is 1. The highest BCUT2D eigenvalue weighted by molar-refractivity contribution is 6.30. The summed E-state index contributed by atoms with van der Waals surface area (Å²) in [6.45, 7) is 0.405. The zero-order valence-corrected chi connectivity index (χ0v) is 12.8. The third-order valence-electron chi connectivity index (χ3n) is 4.14. The topological polar surface area (TPSA) is 91.5 Å². The van der Waals surface area contributed by atoms with Crippen molar-refractivity contribution in [2.45, 2.75) is 6.54 Å². The summed E-state index contributed by atoms with van der Waals surface area (Å²) < 4.78 is 0. The third kappa shape index (κ3) is 2.14. The van der Waals surface area contributed by atoms with Crippen LogP contribution in [0.5, 0.6) is 5.88 Å². The SMILES string of the molecule is NCc1cccc(-c2[nH]c(O)c3c2C(=O)N=C3c2ccccc2)c1. The van der Waals surface area contributed by atoms with Gasteiger partial charge < -0.3 is 15.8 Å². The minimum Gasteiger partial charge on any atom is -0.494 e. The molecule has 118 valence electrons. The molecule has 0 atom stereocenters. The predicted octanol–water partition coefficient (Wildman–Crippen LogP) is 2.84. The molecule has 1 aliphatic rings. The molecule has 24 heavy (non-hydrogen) atoms. The molecule has 1 amide bonds. The normalized spacial score (nSPS) is 13.0. The van der Waals surface area contributed by atoms with Crippen LogP contribution in [0.15, 0.2) is 59.6 Å². The van der Waals surface area contributed by atoms with Gasteiger partial charge in [0, 0.05) is 12.1 Å². The maximum Gasteiger partial charge on any atom is 0.280 e. The van der Waals surface area contributed by atoms with E-state index in [0.717, 1.165) is 16.7 Å². The number of aliphatic imine (C=N–C) groups is 1. The van der Waals surface area contributed by atoms with Gasteiger partial charge in [0.05, 0.1) is 22.5 Å². The van der Waals surface area contributed by atoms with Crippen LogP contribution in [-0.4, -0.2) is 21.7 Å². The fourth-order valence-electron chi connectivity index (χ4n) is 3.02. The standard InChI is InChI=1S/C19H15N3O2/c20-10-11-5-4-8-13(9-11)17-15-14(18(23)22-17)16(21-19(15)24)12-6-2-1-3-7-12/h1-9,22-23H,10,20H2. The summed E-state index contributed by atoms with van der Waals surface area (Å²) in [7, 11) is 0. The van der Waals surface area contributed by atoms with E-state index in [0.29, 0.717) is 29.1 Å². The maximum absolute atomic E-state index is 12.5. The number of aromatic nitrogens is 1. The van der Waals surface area contributed by atoms with Crippen LogP contribution >= 0.6 is 0 Å². The second-order valence-corrected chi connectivity index (χ2v) is 5.63. The highest BCUT2D eigenvalue weighted by atomic mass is 16.3. The van der Waals surface area contributed by atoms with Crippen molar-refractivity contribution in [3.8, 4) is 17.1 Å². The number of nitrogens with zero attached hydrogens (tertiary/aromatic N) is 1. The summed E-state index contributed by atoms with van der Waals surface area (Å²) in [6.07, 6.45) is 0. The summed E-state index contributed by atoms with van der Waals surface area (Å²) in [6, 6.07) is 16.9. The zero-order valence-electron chi connectivity index (χ0n) is 12.8. The van der Waals surface area contributed by atoms with E-state index in [-0.39, 0.29) is 11.8 Å². The van der Waals surface area contributed by atoms with Crippen LogP contribution in [0, 0.1) is 0 Å². The molecule has 2 aromatic carbocycles. The second-order valence-electron chi connectivity index (χ2n) is 5.63. The number of rotatable bonds is 3. The van der Waals surface area contributed by atoms with Crippen LogP contribution in [0.3, 0.4) is 0 Å². The lowest BCUT2D eigenvalue weighted by atomic mass is 9.99. The van der Waals surface area contributed by atoms with Crippen LogP contribution in [-0.2, 0) is 6.54 Å². The molecule has 4 N–H and O–H groups in total. The molecule has 0 unspecified atom stereocenters. The molecule has 2 heterocycles. The van der Waals surface area contributed by atoms with Gasteiger partial charge in [-0.2, -0.15) is 0 Å².